The Hall–Kier alpha value is -2.70. The average molecular weight is 596 g/mol. The number of carbonyl (C=O) groups excluding carboxylic acids is 1. The Bertz CT molecular complexity index is 1710. The summed E-state index contributed by atoms with van der Waals surface area (Å²) in [5.41, 5.74) is 0.427. The topological polar surface area (TPSA) is 140 Å². The van der Waals surface area contributed by atoms with Crippen LogP contribution in [0.2, 0.25) is 10.0 Å². The van der Waals surface area contributed by atoms with E-state index in [-0.39, 0.29) is 62.2 Å². The van der Waals surface area contributed by atoms with Gasteiger partial charge in [0.25, 0.3) is 16.0 Å². The largest absolute Gasteiger partial charge is 1.00 e. The SMILES string of the molecule is CCc1ccc(S(=O)(=O)O)c(Cl)c1N=Nc1c([O-])c(C(=O)Nc2ccc(OC)cc2Cl)cc2ccccc12.[Na+]. The summed E-state index contributed by atoms with van der Waals surface area (Å²) >= 11 is 12.5. The molecule has 0 saturated heterocycles. The number of aryl methyl sites for hydroxylation is 1. The van der Waals surface area contributed by atoms with E-state index in [1.165, 1.54) is 31.4 Å². The molecule has 4 aromatic rings. The van der Waals surface area contributed by atoms with Crippen molar-refractivity contribution in [3.63, 3.8) is 0 Å². The third kappa shape index (κ3) is 6.55. The molecule has 0 unspecified atom stereocenters. The molecule has 0 saturated carbocycles. The predicted molar refractivity (Wildman–Crippen MR) is 144 cm³/mol. The van der Waals surface area contributed by atoms with Gasteiger partial charge in [-0.1, -0.05) is 66.2 Å². The Labute approximate surface area is 256 Å². The van der Waals surface area contributed by atoms with Crippen LogP contribution in [0.3, 0.4) is 0 Å². The molecule has 0 aliphatic carbocycles. The Morgan fingerprint density at radius 2 is 1.74 bits per heavy atom. The van der Waals surface area contributed by atoms with Gasteiger partial charge in [0.2, 0.25) is 0 Å². The van der Waals surface area contributed by atoms with Crippen molar-refractivity contribution in [3.05, 3.63) is 81.8 Å². The van der Waals surface area contributed by atoms with Crippen LogP contribution < -0.4 is 44.7 Å². The van der Waals surface area contributed by atoms with Crippen LogP contribution in [-0.2, 0) is 16.5 Å². The van der Waals surface area contributed by atoms with E-state index >= 15 is 0 Å². The van der Waals surface area contributed by atoms with Crippen molar-refractivity contribution in [2.24, 2.45) is 10.2 Å². The molecule has 1 amide bonds. The van der Waals surface area contributed by atoms with Crippen molar-refractivity contribution in [3.8, 4) is 11.5 Å². The number of rotatable bonds is 7. The number of carbonyl (C=O) groups is 1. The van der Waals surface area contributed by atoms with Crippen molar-refractivity contribution < 1.29 is 57.2 Å². The number of fused-ring (bicyclic) bond motifs is 1. The second kappa shape index (κ2) is 12.6. The van der Waals surface area contributed by atoms with Crippen molar-refractivity contribution in [2.75, 3.05) is 12.4 Å². The zero-order valence-corrected chi connectivity index (χ0v) is 25.4. The van der Waals surface area contributed by atoms with E-state index in [2.05, 4.69) is 15.5 Å². The first kappa shape index (κ1) is 30.8. The van der Waals surface area contributed by atoms with Gasteiger partial charge in [-0.05, 0) is 41.6 Å². The van der Waals surface area contributed by atoms with Gasteiger partial charge in [-0.15, -0.1) is 5.11 Å². The van der Waals surface area contributed by atoms with Crippen molar-refractivity contribution in [2.45, 2.75) is 18.2 Å². The van der Waals surface area contributed by atoms with Crippen LogP contribution in [0.1, 0.15) is 22.8 Å². The second-order valence-corrected chi connectivity index (χ2v) is 10.2. The van der Waals surface area contributed by atoms with Crippen LogP contribution in [0.25, 0.3) is 10.8 Å². The van der Waals surface area contributed by atoms with Crippen molar-refractivity contribution in [1.29, 1.82) is 0 Å². The standard InChI is InChI=1S/C26H21Cl2N3O6S.Na/c1-3-14-8-11-21(38(34,35)36)22(28)23(14)30-31-24-17-7-5-4-6-15(17)12-18(25(24)32)26(33)29-20-10-9-16(37-2)13-19(20)27;/h4-13,32H,3H2,1-2H3,(H,29,33)(H,34,35,36);/q;+1/p-1. The summed E-state index contributed by atoms with van der Waals surface area (Å²) in [7, 11) is -3.15. The van der Waals surface area contributed by atoms with Gasteiger partial charge in [0.1, 0.15) is 16.3 Å². The molecule has 13 heteroatoms. The fourth-order valence-corrected chi connectivity index (χ4v) is 5.07. The fourth-order valence-electron chi connectivity index (χ4n) is 3.77. The molecule has 0 heterocycles. The number of anilines is 1. The van der Waals surface area contributed by atoms with Crippen LogP contribution in [0, 0.1) is 0 Å². The number of benzene rings is 4. The molecule has 0 bridgehead atoms. The molecule has 39 heavy (non-hydrogen) atoms. The minimum atomic E-state index is -4.63. The molecule has 2 N–H and O–H groups in total. The van der Waals surface area contributed by atoms with Crippen LogP contribution in [0.5, 0.6) is 11.5 Å². The van der Waals surface area contributed by atoms with E-state index < -0.39 is 26.7 Å². The minimum Gasteiger partial charge on any atom is -0.870 e. The Balaban J connectivity index is 0.00000420. The molecule has 0 spiro atoms. The molecule has 0 fully saturated rings. The molecule has 0 atom stereocenters. The molecule has 4 aromatic carbocycles. The monoisotopic (exact) mass is 595 g/mol. The zero-order chi connectivity index (χ0) is 27.6. The zero-order valence-electron chi connectivity index (χ0n) is 21.0. The van der Waals surface area contributed by atoms with E-state index in [0.29, 0.717) is 28.5 Å². The third-order valence-electron chi connectivity index (χ3n) is 5.72. The molecular weight excluding hydrogens is 576 g/mol. The molecule has 0 aromatic heterocycles. The number of nitrogens with zero attached hydrogens (tertiary/aromatic N) is 2. The van der Waals surface area contributed by atoms with Gasteiger partial charge in [-0.2, -0.15) is 13.5 Å². The van der Waals surface area contributed by atoms with Gasteiger partial charge < -0.3 is 15.2 Å². The summed E-state index contributed by atoms with van der Waals surface area (Å²) in [4.78, 5) is 12.6. The van der Waals surface area contributed by atoms with Gasteiger partial charge in [-0.25, -0.2) is 0 Å². The van der Waals surface area contributed by atoms with Gasteiger partial charge in [-0.3, -0.25) is 9.35 Å². The summed E-state index contributed by atoms with van der Waals surface area (Å²) in [6.45, 7) is 1.79. The molecule has 9 nitrogen and oxygen atoms in total. The number of methoxy groups -OCH3 is 1. The third-order valence-corrected chi connectivity index (χ3v) is 7.42. The average Bonchev–Trinajstić information content (AvgIpc) is 2.88. The molecule has 4 rings (SSSR count). The number of azo groups is 1. The number of halogens is 2. The maximum atomic E-state index is 13.5. The van der Waals surface area contributed by atoms with Crippen molar-refractivity contribution >= 4 is 67.1 Å². The summed E-state index contributed by atoms with van der Waals surface area (Å²) in [6.07, 6.45) is 0.413. The number of amides is 1. The van der Waals surface area contributed by atoms with Crippen molar-refractivity contribution in [1.82, 2.24) is 0 Å². The number of hydrogen-bond donors (Lipinski definition) is 2. The van der Waals surface area contributed by atoms with Gasteiger partial charge in [0.15, 0.2) is 0 Å². The van der Waals surface area contributed by atoms with E-state index in [9.17, 15) is 22.9 Å². The smallest absolute Gasteiger partial charge is 0.870 e. The Morgan fingerprint density at radius 1 is 1.05 bits per heavy atom. The first-order valence-corrected chi connectivity index (χ1v) is 13.3. The normalized spacial score (nSPS) is 11.4. The van der Waals surface area contributed by atoms with E-state index in [4.69, 9.17) is 27.9 Å². The maximum Gasteiger partial charge on any atom is 1.00 e. The first-order valence-electron chi connectivity index (χ1n) is 11.1. The van der Waals surface area contributed by atoms with E-state index in [1.807, 2.05) is 0 Å². The van der Waals surface area contributed by atoms with E-state index in [1.54, 1.807) is 43.3 Å². The number of hydrogen-bond acceptors (Lipinski definition) is 7. The Morgan fingerprint density at radius 3 is 2.38 bits per heavy atom. The van der Waals surface area contributed by atoms with Crippen LogP contribution in [-0.4, -0.2) is 26.0 Å². The molecule has 196 valence electrons. The summed E-state index contributed by atoms with van der Waals surface area (Å²) in [5, 5.41) is 25.1. The summed E-state index contributed by atoms with van der Waals surface area (Å²) < 4.78 is 38.1. The van der Waals surface area contributed by atoms with Crippen LogP contribution >= 0.6 is 23.2 Å². The van der Waals surface area contributed by atoms with Crippen LogP contribution in [0.15, 0.2) is 75.8 Å². The molecule has 0 aliphatic rings. The predicted octanol–water partition coefficient (Wildman–Crippen LogP) is 3.71. The molecular formula is C26H20Cl2N3NaO6S. The van der Waals surface area contributed by atoms with Gasteiger partial charge in [0, 0.05) is 17.0 Å². The quantitative estimate of drug-likeness (QED) is 0.189. The first-order chi connectivity index (χ1) is 18.0. The summed E-state index contributed by atoms with van der Waals surface area (Å²) in [6, 6.07) is 15.5. The second-order valence-electron chi connectivity index (χ2n) is 8.04. The van der Waals surface area contributed by atoms with Gasteiger partial charge in [0.05, 0.1) is 28.5 Å². The van der Waals surface area contributed by atoms with Gasteiger partial charge >= 0.3 is 29.6 Å². The fraction of sp³-hybridized carbons (Fsp3) is 0.115. The van der Waals surface area contributed by atoms with E-state index in [0.717, 1.165) is 0 Å². The molecule has 0 aliphatic heterocycles. The maximum absolute atomic E-state index is 13.5. The number of ether oxygens (including phenoxy) is 1. The number of nitrogens with one attached hydrogen (secondary N) is 1. The Kier molecular flexibility index (Phi) is 10.0. The minimum absolute atomic E-state index is 0. The molecule has 0 radical (unpaired) electrons. The van der Waals surface area contributed by atoms with Crippen LogP contribution in [0.4, 0.5) is 17.1 Å². The summed E-state index contributed by atoms with van der Waals surface area (Å²) in [5.74, 6) is -0.936.